The third kappa shape index (κ3) is 3.41. The van der Waals surface area contributed by atoms with Gasteiger partial charge in [0, 0.05) is 61.8 Å². The molecular weight excluding hydrogens is 368 g/mol. The van der Waals surface area contributed by atoms with Crippen molar-refractivity contribution in [1.29, 1.82) is 0 Å². The second kappa shape index (κ2) is 6.93. The molecule has 2 unspecified atom stereocenters. The van der Waals surface area contributed by atoms with E-state index in [1.165, 1.54) is 23.6 Å². The van der Waals surface area contributed by atoms with E-state index in [-0.39, 0.29) is 17.5 Å². The molecule has 2 aliphatic heterocycles. The molecule has 152 valence electrons. The van der Waals surface area contributed by atoms with Crippen molar-refractivity contribution in [2.45, 2.75) is 38.6 Å². The summed E-state index contributed by atoms with van der Waals surface area (Å²) in [4.78, 5) is 38.0. The Bertz CT molecular complexity index is 985. The lowest BCUT2D eigenvalue weighted by atomic mass is 10.0. The Morgan fingerprint density at radius 1 is 1.07 bits per heavy atom. The van der Waals surface area contributed by atoms with Gasteiger partial charge >= 0.3 is 0 Å². The average molecular weight is 394 g/mol. The van der Waals surface area contributed by atoms with Crippen LogP contribution in [0.25, 0.3) is 0 Å². The first-order valence-corrected chi connectivity index (χ1v) is 10.5. The predicted molar refractivity (Wildman–Crippen MR) is 108 cm³/mol. The molecule has 0 spiro atoms. The molecule has 0 bridgehead atoms. The summed E-state index contributed by atoms with van der Waals surface area (Å²) in [6, 6.07) is 5.05. The van der Waals surface area contributed by atoms with E-state index < -0.39 is 0 Å². The van der Waals surface area contributed by atoms with Gasteiger partial charge in [-0.1, -0.05) is 0 Å². The summed E-state index contributed by atoms with van der Waals surface area (Å²) in [5.41, 5.74) is 1.33. The minimum Gasteiger partial charge on any atom is -0.356 e. The number of rotatable bonds is 4. The first kappa shape index (κ1) is 18.3. The monoisotopic (exact) mass is 394 g/mol. The number of carbonyl (C=O) groups excluding carboxylic acids is 1. The smallest absolute Gasteiger partial charge is 0.274 e. The highest BCUT2D eigenvalue weighted by molar-refractivity contribution is 5.92. The fraction of sp³-hybridized carbons (Fsp3) is 0.571. The molecule has 5 rings (SSSR count). The van der Waals surface area contributed by atoms with Crippen LogP contribution in [0.1, 0.15) is 54.8 Å². The summed E-state index contributed by atoms with van der Waals surface area (Å²) in [5, 5.41) is 4.29. The quantitative estimate of drug-likeness (QED) is 0.785. The lowest BCUT2D eigenvalue weighted by Gasteiger charge is -2.22. The minimum absolute atomic E-state index is 0.0739. The number of nitrogens with zero attached hydrogens (tertiary/aromatic N) is 6. The van der Waals surface area contributed by atoms with Gasteiger partial charge in [-0.3, -0.25) is 9.59 Å². The van der Waals surface area contributed by atoms with Crippen molar-refractivity contribution in [3.05, 3.63) is 46.3 Å². The summed E-state index contributed by atoms with van der Waals surface area (Å²) >= 11 is 0. The maximum atomic E-state index is 13.0. The lowest BCUT2D eigenvalue weighted by Crippen LogP contribution is -2.35. The molecule has 1 amide bonds. The van der Waals surface area contributed by atoms with Crippen molar-refractivity contribution in [2.24, 2.45) is 11.8 Å². The van der Waals surface area contributed by atoms with Gasteiger partial charge in [0.25, 0.3) is 11.5 Å². The normalized spacial score (nSPS) is 23.7. The van der Waals surface area contributed by atoms with Gasteiger partial charge in [-0.05, 0) is 32.8 Å². The van der Waals surface area contributed by atoms with Gasteiger partial charge in [0.2, 0.25) is 0 Å². The Kier molecular flexibility index (Phi) is 4.37. The molecule has 0 radical (unpaired) electrons. The SMILES string of the molecule is CC(C)n1nc(C(=O)N2CC3CN(c4cc(C5CC5)ncn4)CC3C2)ccc1=O. The van der Waals surface area contributed by atoms with Gasteiger partial charge in [0.05, 0.1) is 6.04 Å². The van der Waals surface area contributed by atoms with Gasteiger partial charge in [0.15, 0.2) is 0 Å². The van der Waals surface area contributed by atoms with Crippen molar-refractivity contribution < 1.29 is 4.79 Å². The molecule has 2 aromatic rings. The van der Waals surface area contributed by atoms with E-state index in [9.17, 15) is 9.59 Å². The highest BCUT2D eigenvalue weighted by Gasteiger charge is 2.42. The molecule has 1 aliphatic carbocycles. The Morgan fingerprint density at radius 3 is 2.45 bits per heavy atom. The van der Waals surface area contributed by atoms with E-state index in [4.69, 9.17) is 0 Å². The number of hydrogen-bond acceptors (Lipinski definition) is 6. The van der Waals surface area contributed by atoms with Crippen LogP contribution in [0, 0.1) is 11.8 Å². The first-order valence-electron chi connectivity index (χ1n) is 10.5. The van der Waals surface area contributed by atoms with Gasteiger partial charge in [-0.2, -0.15) is 5.10 Å². The van der Waals surface area contributed by atoms with Crippen molar-refractivity contribution in [1.82, 2.24) is 24.6 Å². The molecule has 2 aromatic heterocycles. The summed E-state index contributed by atoms with van der Waals surface area (Å²) in [6.07, 6.45) is 4.15. The number of amides is 1. The maximum absolute atomic E-state index is 13.0. The van der Waals surface area contributed by atoms with Crippen LogP contribution in [0.2, 0.25) is 0 Å². The molecule has 0 N–H and O–H groups in total. The number of carbonyl (C=O) groups is 1. The summed E-state index contributed by atoms with van der Waals surface area (Å²) in [6.45, 7) is 7.05. The topological polar surface area (TPSA) is 84.2 Å². The number of anilines is 1. The van der Waals surface area contributed by atoms with Crippen LogP contribution in [0.15, 0.2) is 29.3 Å². The molecule has 8 nitrogen and oxygen atoms in total. The number of aromatic nitrogens is 4. The molecule has 2 saturated heterocycles. The van der Waals surface area contributed by atoms with E-state index >= 15 is 0 Å². The van der Waals surface area contributed by atoms with Crippen LogP contribution in [0.3, 0.4) is 0 Å². The van der Waals surface area contributed by atoms with Crippen LogP contribution in [0.4, 0.5) is 5.82 Å². The number of likely N-dealkylation sites (tertiary alicyclic amines) is 1. The van der Waals surface area contributed by atoms with Crippen molar-refractivity contribution >= 4 is 11.7 Å². The Balaban J connectivity index is 1.26. The standard InChI is InChI=1S/C21H26N6O2/c1-13(2)27-20(28)6-5-17(24-27)21(29)26-10-15-8-25(9-16(15)11-26)19-7-18(14-3-4-14)22-12-23-19/h5-7,12-16H,3-4,8-11H2,1-2H3. The van der Waals surface area contributed by atoms with Crippen molar-refractivity contribution in [3.8, 4) is 0 Å². The van der Waals surface area contributed by atoms with E-state index in [0.717, 1.165) is 37.7 Å². The average Bonchev–Trinajstić information content (AvgIpc) is 3.37. The molecular formula is C21H26N6O2. The Labute approximate surface area is 169 Å². The summed E-state index contributed by atoms with van der Waals surface area (Å²) in [5.74, 6) is 2.43. The minimum atomic E-state index is -0.180. The second-order valence-corrected chi connectivity index (χ2v) is 8.81. The second-order valence-electron chi connectivity index (χ2n) is 8.81. The molecule has 1 saturated carbocycles. The lowest BCUT2D eigenvalue weighted by molar-refractivity contribution is 0.0773. The fourth-order valence-corrected chi connectivity index (χ4v) is 4.55. The van der Waals surface area contributed by atoms with Gasteiger partial charge < -0.3 is 9.80 Å². The molecule has 4 heterocycles. The molecule has 3 fully saturated rings. The number of hydrogen-bond donors (Lipinski definition) is 0. The first-order chi connectivity index (χ1) is 14.0. The highest BCUT2D eigenvalue weighted by atomic mass is 16.2. The Hall–Kier alpha value is -2.77. The van der Waals surface area contributed by atoms with Crippen LogP contribution in [-0.4, -0.2) is 56.7 Å². The van der Waals surface area contributed by atoms with Crippen LogP contribution >= 0.6 is 0 Å². The predicted octanol–water partition coefficient (Wildman–Crippen LogP) is 1.70. The zero-order valence-corrected chi connectivity index (χ0v) is 16.9. The van der Waals surface area contributed by atoms with E-state index in [0.29, 0.717) is 23.4 Å². The third-order valence-corrected chi connectivity index (χ3v) is 6.30. The van der Waals surface area contributed by atoms with E-state index in [2.05, 4.69) is 26.0 Å². The van der Waals surface area contributed by atoms with Gasteiger partial charge in [-0.25, -0.2) is 14.6 Å². The summed E-state index contributed by atoms with van der Waals surface area (Å²) in [7, 11) is 0. The molecule has 2 atom stereocenters. The maximum Gasteiger partial charge on any atom is 0.274 e. The van der Waals surface area contributed by atoms with Crippen molar-refractivity contribution in [3.63, 3.8) is 0 Å². The third-order valence-electron chi connectivity index (χ3n) is 6.30. The zero-order chi connectivity index (χ0) is 20.1. The van der Waals surface area contributed by atoms with E-state index in [1.807, 2.05) is 18.7 Å². The fourth-order valence-electron chi connectivity index (χ4n) is 4.55. The zero-order valence-electron chi connectivity index (χ0n) is 16.9. The van der Waals surface area contributed by atoms with Crippen LogP contribution in [-0.2, 0) is 0 Å². The molecule has 8 heteroatoms. The van der Waals surface area contributed by atoms with Gasteiger partial charge in [-0.15, -0.1) is 0 Å². The molecule has 0 aromatic carbocycles. The largest absolute Gasteiger partial charge is 0.356 e. The Morgan fingerprint density at radius 2 is 1.79 bits per heavy atom. The van der Waals surface area contributed by atoms with Gasteiger partial charge in [0.1, 0.15) is 17.8 Å². The molecule has 3 aliphatic rings. The number of fused-ring (bicyclic) bond motifs is 1. The molecule has 29 heavy (non-hydrogen) atoms. The van der Waals surface area contributed by atoms with Crippen LogP contribution in [0.5, 0.6) is 0 Å². The van der Waals surface area contributed by atoms with E-state index in [1.54, 1.807) is 12.4 Å². The summed E-state index contributed by atoms with van der Waals surface area (Å²) < 4.78 is 1.37. The highest BCUT2D eigenvalue weighted by Crippen LogP contribution is 2.40. The van der Waals surface area contributed by atoms with Crippen molar-refractivity contribution in [2.75, 3.05) is 31.1 Å². The van der Waals surface area contributed by atoms with Crippen LogP contribution < -0.4 is 10.5 Å².